The Hall–Kier alpha value is -1.46. The van der Waals surface area contributed by atoms with Gasteiger partial charge in [-0.25, -0.2) is 0 Å². The number of rotatable bonds is 1. The van der Waals surface area contributed by atoms with E-state index in [2.05, 4.69) is 15.5 Å². The first-order valence-corrected chi connectivity index (χ1v) is 6.34. The second-order valence-electron chi connectivity index (χ2n) is 4.38. The summed E-state index contributed by atoms with van der Waals surface area (Å²) >= 11 is 6.20. The van der Waals surface area contributed by atoms with Crippen molar-refractivity contribution in [2.45, 2.75) is 0 Å². The standard InChI is InChI=1S/C12H14ClN3O2/c13-9-5-8(16-3-1-14-2-4-16)6-10-12(9)18-7-11(17)15-10/h5-6,14H,1-4,7H2,(H,15,17). The van der Waals surface area contributed by atoms with Crippen molar-refractivity contribution in [3.63, 3.8) is 0 Å². The molecule has 1 aromatic carbocycles. The molecule has 0 aromatic heterocycles. The molecule has 2 N–H and O–H groups in total. The molecular weight excluding hydrogens is 254 g/mol. The van der Waals surface area contributed by atoms with Crippen LogP contribution in [0.3, 0.4) is 0 Å². The van der Waals surface area contributed by atoms with Crippen molar-refractivity contribution < 1.29 is 9.53 Å². The number of nitrogens with one attached hydrogen (secondary N) is 2. The Kier molecular flexibility index (Phi) is 3.01. The Balaban J connectivity index is 1.94. The van der Waals surface area contributed by atoms with Gasteiger partial charge in [0, 0.05) is 31.9 Å². The highest BCUT2D eigenvalue weighted by Crippen LogP contribution is 2.39. The zero-order valence-electron chi connectivity index (χ0n) is 9.83. The average Bonchev–Trinajstić information content (AvgIpc) is 2.39. The monoisotopic (exact) mass is 267 g/mol. The van der Waals surface area contributed by atoms with E-state index >= 15 is 0 Å². The maximum atomic E-state index is 11.3. The van der Waals surface area contributed by atoms with E-state index in [1.165, 1.54) is 0 Å². The lowest BCUT2D eigenvalue weighted by Crippen LogP contribution is -2.43. The van der Waals surface area contributed by atoms with Crippen molar-refractivity contribution in [1.29, 1.82) is 0 Å². The first-order valence-electron chi connectivity index (χ1n) is 5.96. The summed E-state index contributed by atoms with van der Waals surface area (Å²) in [4.78, 5) is 13.6. The third kappa shape index (κ3) is 2.11. The Bertz CT molecular complexity index is 486. The van der Waals surface area contributed by atoms with Crippen molar-refractivity contribution in [1.82, 2.24) is 5.32 Å². The van der Waals surface area contributed by atoms with Gasteiger partial charge in [-0.05, 0) is 12.1 Å². The molecule has 1 fully saturated rings. The molecule has 0 bridgehead atoms. The van der Waals surface area contributed by atoms with Crippen LogP contribution >= 0.6 is 11.6 Å². The Morgan fingerprint density at radius 2 is 2.06 bits per heavy atom. The van der Waals surface area contributed by atoms with E-state index in [1.54, 1.807) is 0 Å². The zero-order chi connectivity index (χ0) is 12.5. The van der Waals surface area contributed by atoms with Crippen LogP contribution in [0.4, 0.5) is 11.4 Å². The molecule has 0 spiro atoms. The number of hydrogen-bond acceptors (Lipinski definition) is 4. The van der Waals surface area contributed by atoms with Gasteiger partial charge in [0.25, 0.3) is 5.91 Å². The number of amides is 1. The lowest BCUT2D eigenvalue weighted by atomic mass is 10.2. The van der Waals surface area contributed by atoms with Gasteiger partial charge >= 0.3 is 0 Å². The summed E-state index contributed by atoms with van der Waals surface area (Å²) in [5.41, 5.74) is 1.68. The van der Waals surface area contributed by atoms with Gasteiger partial charge in [0.1, 0.15) is 0 Å². The van der Waals surface area contributed by atoms with Crippen LogP contribution in [-0.4, -0.2) is 38.7 Å². The average molecular weight is 268 g/mol. The summed E-state index contributed by atoms with van der Waals surface area (Å²) in [5.74, 6) is 0.422. The molecule has 1 aromatic rings. The normalized spacial score (nSPS) is 18.9. The van der Waals surface area contributed by atoms with Crippen LogP contribution in [-0.2, 0) is 4.79 Å². The number of carbonyl (C=O) groups excluding carboxylic acids is 1. The summed E-state index contributed by atoms with van der Waals surface area (Å²) in [7, 11) is 0. The number of halogens is 1. The topological polar surface area (TPSA) is 53.6 Å². The summed E-state index contributed by atoms with van der Waals surface area (Å²) in [6.45, 7) is 3.81. The molecule has 0 radical (unpaired) electrons. The van der Waals surface area contributed by atoms with Crippen molar-refractivity contribution in [2.75, 3.05) is 43.0 Å². The predicted octanol–water partition coefficient (Wildman–Crippen LogP) is 1.08. The lowest BCUT2D eigenvalue weighted by Gasteiger charge is -2.31. The maximum Gasteiger partial charge on any atom is 0.262 e. The molecule has 2 aliphatic rings. The number of benzene rings is 1. The van der Waals surface area contributed by atoms with Gasteiger partial charge in [-0.15, -0.1) is 0 Å². The molecule has 18 heavy (non-hydrogen) atoms. The van der Waals surface area contributed by atoms with Gasteiger partial charge in [0.2, 0.25) is 0 Å². The number of fused-ring (bicyclic) bond motifs is 1. The van der Waals surface area contributed by atoms with E-state index in [0.717, 1.165) is 31.9 Å². The fourth-order valence-electron chi connectivity index (χ4n) is 2.25. The molecule has 1 saturated heterocycles. The Morgan fingerprint density at radius 3 is 2.83 bits per heavy atom. The van der Waals surface area contributed by atoms with E-state index in [-0.39, 0.29) is 12.5 Å². The fourth-order valence-corrected chi connectivity index (χ4v) is 2.52. The SMILES string of the molecule is O=C1COc2c(Cl)cc(N3CCNCC3)cc2N1. The molecule has 0 aliphatic carbocycles. The van der Waals surface area contributed by atoms with Crippen LogP contribution in [0, 0.1) is 0 Å². The maximum absolute atomic E-state index is 11.3. The second-order valence-corrected chi connectivity index (χ2v) is 4.79. The summed E-state index contributed by atoms with van der Waals surface area (Å²) in [6.07, 6.45) is 0. The molecule has 0 unspecified atom stereocenters. The van der Waals surface area contributed by atoms with Gasteiger partial charge in [0.05, 0.1) is 10.7 Å². The Labute approximate surface area is 110 Å². The summed E-state index contributed by atoms with van der Waals surface area (Å²) in [6, 6.07) is 3.81. The van der Waals surface area contributed by atoms with Gasteiger partial charge in [-0.3, -0.25) is 4.79 Å². The van der Waals surface area contributed by atoms with Crippen LogP contribution in [0.2, 0.25) is 5.02 Å². The van der Waals surface area contributed by atoms with Gasteiger partial charge in [-0.2, -0.15) is 0 Å². The van der Waals surface area contributed by atoms with E-state index in [9.17, 15) is 4.79 Å². The van der Waals surface area contributed by atoms with Crippen molar-refractivity contribution in [3.8, 4) is 5.75 Å². The van der Waals surface area contributed by atoms with Crippen LogP contribution in [0.25, 0.3) is 0 Å². The number of piperazine rings is 1. The van der Waals surface area contributed by atoms with Crippen molar-refractivity contribution >= 4 is 28.9 Å². The van der Waals surface area contributed by atoms with E-state index in [0.29, 0.717) is 16.5 Å². The minimum Gasteiger partial charge on any atom is -0.480 e. The first kappa shape index (κ1) is 11.6. The smallest absolute Gasteiger partial charge is 0.262 e. The van der Waals surface area contributed by atoms with Crippen molar-refractivity contribution in [2.24, 2.45) is 0 Å². The van der Waals surface area contributed by atoms with Crippen LogP contribution < -0.4 is 20.3 Å². The van der Waals surface area contributed by atoms with Gasteiger partial charge in [0.15, 0.2) is 12.4 Å². The van der Waals surface area contributed by atoms with Crippen LogP contribution in [0.1, 0.15) is 0 Å². The van der Waals surface area contributed by atoms with E-state index < -0.39 is 0 Å². The minimum absolute atomic E-state index is 0.0275. The third-order valence-electron chi connectivity index (χ3n) is 3.13. The van der Waals surface area contributed by atoms with E-state index in [1.807, 2.05) is 12.1 Å². The van der Waals surface area contributed by atoms with Crippen molar-refractivity contribution in [3.05, 3.63) is 17.2 Å². The predicted molar refractivity (Wildman–Crippen MR) is 70.7 cm³/mol. The molecular formula is C12H14ClN3O2. The molecule has 3 rings (SSSR count). The van der Waals surface area contributed by atoms with Gasteiger partial charge < -0.3 is 20.3 Å². The number of anilines is 2. The number of ether oxygens (including phenoxy) is 1. The quantitative estimate of drug-likeness (QED) is 0.800. The highest BCUT2D eigenvalue weighted by atomic mass is 35.5. The van der Waals surface area contributed by atoms with Crippen LogP contribution in [0.15, 0.2) is 12.1 Å². The van der Waals surface area contributed by atoms with Crippen LogP contribution in [0.5, 0.6) is 5.75 Å². The number of hydrogen-bond donors (Lipinski definition) is 2. The summed E-state index contributed by atoms with van der Waals surface area (Å²) in [5, 5.41) is 6.63. The summed E-state index contributed by atoms with van der Waals surface area (Å²) < 4.78 is 5.33. The molecule has 5 nitrogen and oxygen atoms in total. The fraction of sp³-hybridized carbons (Fsp3) is 0.417. The third-order valence-corrected chi connectivity index (χ3v) is 3.41. The highest BCUT2D eigenvalue weighted by molar-refractivity contribution is 6.33. The van der Waals surface area contributed by atoms with Gasteiger partial charge in [-0.1, -0.05) is 11.6 Å². The molecule has 1 amide bonds. The number of nitrogens with zero attached hydrogens (tertiary/aromatic N) is 1. The minimum atomic E-state index is -0.143. The zero-order valence-corrected chi connectivity index (χ0v) is 10.6. The molecule has 2 aliphatic heterocycles. The molecule has 96 valence electrons. The molecule has 6 heteroatoms. The highest BCUT2D eigenvalue weighted by Gasteiger charge is 2.21. The first-order chi connectivity index (χ1) is 8.74. The largest absolute Gasteiger partial charge is 0.480 e. The van der Waals surface area contributed by atoms with E-state index in [4.69, 9.17) is 16.3 Å². The number of carbonyl (C=O) groups is 1. The second kappa shape index (κ2) is 4.66. The molecule has 2 heterocycles. The lowest BCUT2D eigenvalue weighted by molar-refractivity contribution is -0.118. The Morgan fingerprint density at radius 1 is 1.28 bits per heavy atom. The molecule has 0 atom stereocenters. The molecule has 0 saturated carbocycles.